The van der Waals surface area contributed by atoms with Crippen LogP contribution in [0.4, 0.5) is 5.13 Å². The normalized spacial score (nSPS) is 23.4. The Bertz CT molecular complexity index is 1360. The molecular formula is C26H28N6O5S2. The van der Waals surface area contributed by atoms with E-state index in [0.29, 0.717) is 23.8 Å². The van der Waals surface area contributed by atoms with Crippen molar-refractivity contribution in [3.63, 3.8) is 0 Å². The standard InChI is InChI=1S/C26H28N6O5S2/c27-26-28-18(13-39-26)19(30-37-17-3-1-2-4-17)22(33)29-20-23(34)32-21(25(35)36)16(12-38-24(20)32)11-31-9-7-15(8-10-31)14-5-6-14/h7-10,13-14,17,20,24H,1-6,11-12H2,(H3-,27,28,29,33,35,36)/t20?,24-/m0/s1. The van der Waals surface area contributed by atoms with Crippen molar-refractivity contribution in [2.45, 2.75) is 68.5 Å². The number of pyridine rings is 1. The molecule has 204 valence electrons. The van der Waals surface area contributed by atoms with E-state index in [0.717, 1.165) is 25.7 Å². The number of rotatable bonds is 9. The fraction of sp³-hybridized carbons (Fsp3) is 0.462. The highest BCUT2D eigenvalue weighted by molar-refractivity contribution is 8.00. The second kappa shape index (κ2) is 10.6. The Morgan fingerprint density at radius 3 is 2.62 bits per heavy atom. The molecule has 4 heterocycles. The van der Waals surface area contributed by atoms with E-state index in [-0.39, 0.29) is 28.3 Å². The van der Waals surface area contributed by atoms with Gasteiger partial charge in [-0.1, -0.05) is 5.16 Å². The van der Waals surface area contributed by atoms with Gasteiger partial charge in [0, 0.05) is 28.8 Å². The van der Waals surface area contributed by atoms with Crippen molar-refractivity contribution in [1.82, 2.24) is 15.2 Å². The summed E-state index contributed by atoms with van der Waals surface area (Å²) >= 11 is 2.57. The van der Waals surface area contributed by atoms with Gasteiger partial charge in [0.05, 0.1) is 11.7 Å². The summed E-state index contributed by atoms with van der Waals surface area (Å²) in [4.78, 5) is 49.6. The molecule has 3 fully saturated rings. The Morgan fingerprint density at radius 2 is 1.97 bits per heavy atom. The molecule has 11 nitrogen and oxygen atoms in total. The number of fused-ring (bicyclic) bond motifs is 1. The van der Waals surface area contributed by atoms with E-state index in [4.69, 9.17) is 10.6 Å². The minimum absolute atomic E-state index is 0.0655. The third-order valence-electron chi connectivity index (χ3n) is 7.44. The number of β-lactam (4-membered cyclic amide) rings is 1. The molecule has 0 bridgehead atoms. The Balaban J connectivity index is 1.17. The Hall–Kier alpha value is -3.45. The zero-order valence-electron chi connectivity index (χ0n) is 21.1. The van der Waals surface area contributed by atoms with Gasteiger partial charge in [0.2, 0.25) is 0 Å². The van der Waals surface area contributed by atoms with Crippen LogP contribution in [0, 0.1) is 0 Å². The highest BCUT2D eigenvalue weighted by Gasteiger charge is 2.53. The first kappa shape index (κ1) is 25.8. The fourth-order valence-corrected chi connectivity index (χ4v) is 7.09. The van der Waals surface area contributed by atoms with Crippen LogP contribution in [0.5, 0.6) is 0 Å². The second-order valence-electron chi connectivity index (χ2n) is 10.2. The number of carboxylic acids is 1. The maximum absolute atomic E-state index is 13.3. The molecule has 1 unspecified atom stereocenters. The van der Waals surface area contributed by atoms with Crippen LogP contribution >= 0.6 is 23.1 Å². The first-order valence-electron chi connectivity index (χ1n) is 13.0. The van der Waals surface area contributed by atoms with E-state index >= 15 is 0 Å². The highest BCUT2D eigenvalue weighted by Crippen LogP contribution is 2.41. The zero-order valence-corrected chi connectivity index (χ0v) is 22.7. The number of carbonyl (C=O) groups excluding carboxylic acids is 3. The number of carbonyl (C=O) groups is 3. The average Bonchev–Trinajstić information content (AvgIpc) is 3.48. The molecule has 6 rings (SSSR count). The zero-order chi connectivity index (χ0) is 27.1. The number of aliphatic carboxylic acids is 1. The number of nitrogens with two attached hydrogens (primary N) is 1. The number of nitrogen functional groups attached to an aromatic ring is 1. The van der Waals surface area contributed by atoms with Gasteiger partial charge in [-0.15, -0.1) is 23.1 Å². The van der Waals surface area contributed by atoms with Crippen LogP contribution in [0.15, 0.2) is 46.3 Å². The molecule has 2 aromatic rings. The molecule has 2 aliphatic carbocycles. The summed E-state index contributed by atoms with van der Waals surface area (Å²) in [7, 11) is 0. The molecular weight excluding hydrogens is 540 g/mol. The molecule has 2 saturated carbocycles. The SMILES string of the molecule is Nc1nc(C(=NOC2CCCC2)C(=O)NC2C(=O)N3C(C(=O)[O-])=C(C[n+]4ccc(C5CC5)cc4)CS[C@@H]23)cs1. The van der Waals surface area contributed by atoms with Crippen molar-refractivity contribution >= 4 is 51.7 Å². The number of nitrogens with zero attached hydrogens (tertiary/aromatic N) is 4. The predicted octanol–water partition coefficient (Wildman–Crippen LogP) is 0.658. The molecule has 4 aliphatic rings. The maximum Gasteiger partial charge on any atom is 0.276 e. The van der Waals surface area contributed by atoms with E-state index in [9.17, 15) is 19.5 Å². The summed E-state index contributed by atoms with van der Waals surface area (Å²) < 4.78 is 1.90. The maximum atomic E-state index is 13.3. The summed E-state index contributed by atoms with van der Waals surface area (Å²) in [6.07, 6.45) is 10.00. The van der Waals surface area contributed by atoms with Crippen LogP contribution in [-0.4, -0.2) is 56.7 Å². The Kier molecular flexibility index (Phi) is 7.02. The number of carboxylic acid groups (broad SMARTS) is 1. The molecule has 2 amide bonds. The first-order chi connectivity index (χ1) is 18.9. The molecule has 0 radical (unpaired) electrons. The van der Waals surface area contributed by atoms with Gasteiger partial charge in [0.15, 0.2) is 29.8 Å². The van der Waals surface area contributed by atoms with Crippen molar-refractivity contribution in [1.29, 1.82) is 0 Å². The van der Waals surface area contributed by atoms with Crippen LogP contribution in [0.1, 0.15) is 55.7 Å². The third kappa shape index (κ3) is 5.24. The molecule has 3 N–H and O–H groups in total. The lowest BCUT2D eigenvalue weighted by Crippen LogP contribution is -2.71. The van der Waals surface area contributed by atoms with Gasteiger partial charge in [0.1, 0.15) is 23.2 Å². The monoisotopic (exact) mass is 568 g/mol. The van der Waals surface area contributed by atoms with Crippen molar-refractivity contribution in [2.75, 3.05) is 11.5 Å². The summed E-state index contributed by atoms with van der Waals surface area (Å²) in [6, 6.07) is 3.19. The molecule has 0 aromatic carbocycles. The quantitative estimate of drug-likeness (QED) is 0.194. The van der Waals surface area contributed by atoms with E-state index in [1.54, 1.807) is 5.38 Å². The molecule has 13 heteroatoms. The number of nitrogens with one attached hydrogen (secondary N) is 1. The summed E-state index contributed by atoms with van der Waals surface area (Å²) in [5, 5.41) is 20.3. The Morgan fingerprint density at radius 1 is 1.23 bits per heavy atom. The van der Waals surface area contributed by atoms with Gasteiger partial charge in [-0.3, -0.25) is 14.5 Å². The van der Waals surface area contributed by atoms with Gasteiger partial charge in [-0.2, -0.15) is 0 Å². The summed E-state index contributed by atoms with van der Waals surface area (Å²) in [5.74, 6) is -1.54. The first-order valence-corrected chi connectivity index (χ1v) is 14.9. The van der Waals surface area contributed by atoms with Gasteiger partial charge in [-0.05, 0) is 50.0 Å². The van der Waals surface area contributed by atoms with Crippen LogP contribution in [0.3, 0.4) is 0 Å². The molecule has 2 atom stereocenters. The van der Waals surface area contributed by atoms with Crippen molar-refractivity contribution in [2.24, 2.45) is 5.16 Å². The van der Waals surface area contributed by atoms with Gasteiger partial charge in [0.25, 0.3) is 11.8 Å². The van der Waals surface area contributed by atoms with Gasteiger partial charge in [-0.25, -0.2) is 9.55 Å². The fourth-order valence-electron chi connectivity index (χ4n) is 5.21. The predicted molar refractivity (Wildman–Crippen MR) is 142 cm³/mol. The molecule has 2 aromatic heterocycles. The number of thioether (sulfide) groups is 1. The van der Waals surface area contributed by atoms with E-state index in [2.05, 4.69) is 27.6 Å². The van der Waals surface area contributed by atoms with E-state index < -0.39 is 29.2 Å². The average molecular weight is 569 g/mol. The second-order valence-corrected chi connectivity index (χ2v) is 12.2. The van der Waals surface area contributed by atoms with Gasteiger partial charge < -0.3 is 25.8 Å². The minimum atomic E-state index is -1.41. The number of hydrogen-bond donors (Lipinski definition) is 2. The molecule has 1 saturated heterocycles. The largest absolute Gasteiger partial charge is 0.543 e. The molecule has 39 heavy (non-hydrogen) atoms. The Labute approximate surface area is 233 Å². The van der Waals surface area contributed by atoms with E-state index in [1.807, 2.05) is 17.0 Å². The number of thiazole rings is 1. The summed E-state index contributed by atoms with van der Waals surface area (Å²) in [6.45, 7) is 0.329. The van der Waals surface area contributed by atoms with Gasteiger partial charge >= 0.3 is 0 Å². The number of anilines is 1. The van der Waals surface area contributed by atoms with Crippen LogP contribution < -0.4 is 20.7 Å². The third-order valence-corrected chi connectivity index (χ3v) is 9.45. The lowest BCUT2D eigenvalue weighted by atomic mass is 10.0. The number of oxime groups is 1. The topological polar surface area (TPSA) is 154 Å². The smallest absolute Gasteiger partial charge is 0.276 e. The minimum Gasteiger partial charge on any atom is -0.543 e. The molecule has 2 aliphatic heterocycles. The van der Waals surface area contributed by atoms with Crippen molar-refractivity contribution in [3.05, 3.63) is 52.4 Å². The highest BCUT2D eigenvalue weighted by atomic mass is 32.2. The van der Waals surface area contributed by atoms with Crippen LogP contribution in [-0.2, 0) is 25.8 Å². The van der Waals surface area contributed by atoms with Crippen molar-refractivity contribution in [3.8, 4) is 0 Å². The van der Waals surface area contributed by atoms with Crippen LogP contribution in [0.25, 0.3) is 0 Å². The van der Waals surface area contributed by atoms with E-state index in [1.165, 1.54) is 46.4 Å². The molecule has 0 spiro atoms. The number of hydrogen-bond acceptors (Lipinski definition) is 10. The number of aromatic nitrogens is 2. The lowest BCUT2D eigenvalue weighted by molar-refractivity contribution is -0.689. The lowest BCUT2D eigenvalue weighted by Gasteiger charge is -2.50. The number of amides is 2. The van der Waals surface area contributed by atoms with Crippen LogP contribution in [0.2, 0.25) is 0 Å². The summed E-state index contributed by atoms with van der Waals surface area (Å²) in [5.41, 5.74) is 7.70. The van der Waals surface area contributed by atoms with Crippen molar-refractivity contribution < 1.29 is 28.9 Å².